The zero-order chi connectivity index (χ0) is 18.2. The summed E-state index contributed by atoms with van der Waals surface area (Å²) >= 11 is 6.14. The second-order valence-electron chi connectivity index (χ2n) is 8.49. The molecule has 0 radical (unpaired) electrons. The number of halogens is 2. The molecule has 0 aromatic heterocycles. The number of hydrogen-bond acceptors (Lipinski definition) is 2. The van der Waals surface area contributed by atoms with Crippen LogP contribution in [0.2, 0.25) is 5.02 Å². The predicted octanol–water partition coefficient (Wildman–Crippen LogP) is 5.02. The lowest BCUT2D eigenvalue weighted by atomic mass is 9.58. The van der Waals surface area contributed by atoms with Gasteiger partial charge in [0.1, 0.15) is 11.4 Å². The number of nitrogens with one attached hydrogen (secondary N) is 1. The SMILES string of the molecule is COc1ccc(Cl)c(C(=O)NCC2(C)CC3CC(C)CC(F)(C3)C2)c1. The highest BCUT2D eigenvalue weighted by molar-refractivity contribution is 6.33. The van der Waals surface area contributed by atoms with Gasteiger partial charge in [-0.15, -0.1) is 0 Å². The highest BCUT2D eigenvalue weighted by atomic mass is 35.5. The number of ether oxygens (including phenoxy) is 1. The summed E-state index contributed by atoms with van der Waals surface area (Å²) < 4.78 is 20.4. The summed E-state index contributed by atoms with van der Waals surface area (Å²) in [6, 6.07) is 5.00. The molecule has 138 valence electrons. The number of carbonyl (C=O) groups excluding carboxylic acids is 1. The van der Waals surface area contributed by atoms with Gasteiger partial charge in [0.15, 0.2) is 0 Å². The number of rotatable bonds is 4. The average molecular weight is 368 g/mol. The summed E-state index contributed by atoms with van der Waals surface area (Å²) in [7, 11) is 1.55. The normalized spacial score (nSPS) is 34.4. The molecular formula is C20H27ClFNO2. The van der Waals surface area contributed by atoms with E-state index in [2.05, 4.69) is 19.2 Å². The van der Waals surface area contributed by atoms with Crippen molar-refractivity contribution in [3.05, 3.63) is 28.8 Å². The van der Waals surface area contributed by atoms with Crippen LogP contribution >= 0.6 is 11.6 Å². The summed E-state index contributed by atoms with van der Waals surface area (Å²) in [5.74, 6) is 1.23. The molecule has 0 heterocycles. The molecule has 1 aromatic rings. The first-order chi connectivity index (χ1) is 11.7. The van der Waals surface area contributed by atoms with E-state index in [0.29, 0.717) is 54.0 Å². The lowest BCUT2D eigenvalue weighted by Gasteiger charge is -2.50. The van der Waals surface area contributed by atoms with E-state index < -0.39 is 5.67 Å². The zero-order valence-corrected chi connectivity index (χ0v) is 16.0. The standard InChI is InChI=1S/C20H27ClFNO2/c1-13-6-14-9-19(2,11-20(22,8-13)10-14)12-23-18(24)16-7-15(25-3)4-5-17(16)21/h4-5,7,13-14H,6,8-12H2,1-3H3,(H,23,24). The molecule has 0 aliphatic heterocycles. The highest BCUT2D eigenvalue weighted by Crippen LogP contribution is 2.53. The van der Waals surface area contributed by atoms with Crippen LogP contribution in [0.1, 0.15) is 56.3 Å². The van der Waals surface area contributed by atoms with E-state index in [4.69, 9.17) is 16.3 Å². The third kappa shape index (κ3) is 4.11. The van der Waals surface area contributed by atoms with Crippen LogP contribution in [0.5, 0.6) is 5.75 Å². The maximum absolute atomic E-state index is 15.2. The Labute approximate surface area is 154 Å². The molecule has 0 spiro atoms. The highest BCUT2D eigenvalue weighted by Gasteiger charge is 2.50. The molecule has 25 heavy (non-hydrogen) atoms. The molecule has 2 bridgehead atoms. The second kappa shape index (κ2) is 6.79. The Balaban J connectivity index is 1.68. The first kappa shape index (κ1) is 18.5. The number of carbonyl (C=O) groups is 1. The lowest BCUT2D eigenvalue weighted by Crippen LogP contribution is -2.49. The van der Waals surface area contributed by atoms with Crippen molar-refractivity contribution < 1.29 is 13.9 Å². The Morgan fingerprint density at radius 2 is 2.16 bits per heavy atom. The summed E-state index contributed by atoms with van der Waals surface area (Å²) in [6.45, 7) is 4.71. The Morgan fingerprint density at radius 1 is 1.40 bits per heavy atom. The third-order valence-electron chi connectivity index (χ3n) is 5.72. The van der Waals surface area contributed by atoms with E-state index >= 15 is 4.39 Å². The van der Waals surface area contributed by atoms with Crippen molar-refractivity contribution in [2.75, 3.05) is 13.7 Å². The van der Waals surface area contributed by atoms with E-state index in [1.165, 1.54) is 0 Å². The van der Waals surface area contributed by atoms with E-state index in [9.17, 15) is 4.79 Å². The minimum absolute atomic E-state index is 0.210. The topological polar surface area (TPSA) is 38.3 Å². The molecular weight excluding hydrogens is 341 g/mol. The van der Waals surface area contributed by atoms with Crippen LogP contribution in [0.25, 0.3) is 0 Å². The first-order valence-corrected chi connectivity index (χ1v) is 9.40. The van der Waals surface area contributed by atoms with Crippen molar-refractivity contribution in [1.29, 1.82) is 0 Å². The minimum Gasteiger partial charge on any atom is -0.497 e. The Bertz CT molecular complexity index is 663. The van der Waals surface area contributed by atoms with E-state index in [1.54, 1.807) is 25.3 Å². The number of benzene rings is 1. The van der Waals surface area contributed by atoms with Crippen molar-refractivity contribution >= 4 is 17.5 Å². The molecule has 4 atom stereocenters. The molecule has 2 saturated carbocycles. The van der Waals surface area contributed by atoms with Crippen molar-refractivity contribution in [1.82, 2.24) is 5.32 Å². The van der Waals surface area contributed by atoms with Gasteiger partial charge >= 0.3 is 0 Å². The van der Waals surface area contributed by atoms with E-state index in [0.717, 1.165) is 12.8 Å². The number of fused-ring (bicyclic) bond motifs is 2. The van der Waals surface area contributed by atoms with Gasteiger partial charge < -0.3 is 10.1 Å². The predicted molar refractivity (Wildman–Crippen MR) is 98.0 cm³/mol. The van der Waals surface area contributed by atoms with Crippen LogP contribution in [0.3, 0.4) is 0 Å². The second-order valence-corrected chi connectivity index (χ2v) is 8.89. The van der Waals surface area contributed by atoms with Crippen LogP contribution in [0, 0.1) is 17.3 Å². The van der Waals surface area contributed by atoms with Crippen LogP contribution in [-0.2, 0) is 0 Å². The van der Waals surface area contributed by atoms with E-state index in [-0.39, 0.29) is 11.3 Å². The summed E-state index contributed by atoms with van der Waals surface area (Å²) in [6.07, 6.45) is 3.91. The molecule has 0 saturated heterocycles. The van der Waals surface area contributed by atoms with Gasteiger partial charge in [-0.2, -0.15) is 0 Å². The minimum atomic E-state index is -1.08. The molecule has 4 unspecified atom stereocenters. The van der Waals surface area contributed by atoms with Gasteiger partial charge in [0.2, 0.25) is 0 Å². The summed E-state index contributed by atoms with van der Waals surface area (Å²) in [5.41, 5.74) is -0.892. The maximum Gasteiger partial charge on any atom is 0.252 e. The molecule has 1 N–H and O–H groups in total. The third-order valence-corrected chi connectivity index (χ3v) is 6.05. The molecule has 5 heteroatoms. The van der Waals surface area contributed by atoms with Gasteiger partial charge in [-0.05, 0) is 67.6 Å². The van der Waals surface area contributed by atoms with Gasteiger partial charge in [0.05, 0.1) is 17.7 Å². The maximum atomic E-state index is 15.2. The Kier molecular flexibility index (Phi) is 5.02. The zero-order valence-electron chi connectivity index (χ0n) is 15.2. The van der Waals surface area contributed by atoms with Gasteiger partial charge in [0.25, 0.3) is 5.91 Å². The monoisotopic (exact) mass is 367 g/mol. The molecule has 1 aromatic carbocycles. The van der Waals surface area contributed by atoms with Crippen LogP contribution in [0.4, 0.5) is 4.39 Å². The fourth-order valence-corrected chi connectivity index (χ4v) is 5.33. The summed E-state index contributed by atoms with van der Waals surface area (Å²) in [5, 5.41) is 3.36. The van der Waals surface area contributed by atoms with Crippen LogP contribution in [0.15, 0.2) is 18.2 Å². The Hall–Kier alpha value is -1.29. The van der Waals surface area contributed by atoms with Crippen molar-refractivity contribution in [3.8, 4) is 5.75 Å². The Morgan fingerprint density at radius 3 is 2.84 bits per heavy atom. The molecule has 1 amide bonds. The number of alkyl halides is 1. The van der Waals surface area contributed by atoms with Crippen molar-refractivity contribution in [2.24, 2.45) is 17.3 Å². The van der Waals surface area contributed by atoms with Crippen molar-refractivity contribution in [2.45, 2.75) is 51.6 Å². The van der Waals surface area contributed by atoms with Gasteiger partial charge in [-0.25, -0.2) is 4.39 Å². The molecule has 3 rings (SSSR count). The van der Waals surface area contributed by atoms with Gasteiger partial charge in [-0.3, -0.25) is 4.79 Å². The molecule has 3 nitrogen and oxygen atoms in total. The smallest absolute Gasteiger partial charge is 0.252 e. The quantitative estimate of drug-likeness (QED) is 0.811. The largest absolute Gasteiger partial charge is 0.497 e. The van der Waals surface area contributed by atoms with Crippen molar-refractivity contribution in [3.63, 3.8) is 0 Å². The fourth-order valence-electron chi connectivity index (χ4n) is 5.12. The van der Waals surface area contributed by atoms with E-state index in [1.807, 2.05) is 0 Å². The number of amides is 1. The fraction of sp³-hybridized carbons (Fsp3) is 0.650. The van der Waals surface area contributed by atoms with Crippen LogP contribution in [-0.4, -0.2) is 25.2 Å². The van der Waals surface area contributed by atoms with Gasteiger partial charge in [0, 0.05) is 6.54 Å². The average Bonchev–Trinajstić information content (AvgIpc) is 2.50. The van der Waals surface area contributed by atoms with Crippen LogP contribution < -0.4 is 10.1 Å². The molecule has 2 fully saturated rings. The summed E-state index contributed by atoms with van der Waals surface area (Å²) in [4.78, 5) is 12.6. The number of hydrogen-bond donors (Lipinski definition) is 1. The number of methoxy groups -OCH3 is 1. The first-order valence-electron chi connectivity index (χ1n) is 9.03. The molecule has 2 aliphatic rings. The molecule has 2 aliphatic carbocycles. The lowest BCUT2D eigenvalue weighted by molar-refractivity contribution is -0.0514. The van der Waals surface area contributed by atoms with Gasteiger partial charge in [-0.1, -0.05) is 25.4 Å².